The molecule has 3 nitrogen and oxygen atoms in total. The van der Waals surface area contributed by atoms with Gasteiger partial charge in [-0.05, 0) is 43.7 Å². The second-order valence-corrected chi connectivity index (χ2v) is 4.67. The van der Waals surface area contributed by atoms with Crippen molar-refractivity contribution in [1.29, 1.82) is 0 Å². The van der Waals surface area contributed by atoms with Crippen molar-refractivity contribution in [2.45, 2.75) is 19.9 Å². The second-order valence-electron chi connectivity index (χ2n) is 4.67. The van der Waals surface area contributed by atoms with Crippen LogP contribution in [0.5, 0.6) is 5.88 Å². The monoisotopic (exact) mass is 256 g/mol. The van der Waals surface area contributed by atoms with Gasteiger partial charge in [-0.1, -0.05) is 24.3 Å². The van der Waals surface area contributed by atoms with E-state index in [0.29, 0.717) is 5.88 Å². The molecule has 1 atom stereocenters. The molecule has 1 aromatic carbocycles. The van der Waals surface area contributed by atoms with Crippen LogP contribution in [-0.4, -0.2) is 19.1 Å². The van der Waals surface area contributed by atoms with Crippen molar-refractivity contribution >= 4 is 0 Å². The van der Waals surface area contributed by atoms with Crippen LogP contribution in [0, 0.1) is 13.8 Å². The number of rotatable bonds is 4. The molecule has 0 saturated heterocycles. The largest absolute Gasteiger partial charge is 0.481 e. The van der Waals surface area contributed by atoms with Gasteiger partial charge in [-0.2, -0.15) is 0 Å². The van der Waals surface area contributed by atoms with E-state index in [1.54, 1.807) is 13.3 Å². The number of aryl methyl sites for hydroxylation is 2. The average molecular weight is 256 g/mol. The zero-order valence-corrected chi connectivity index (χ0v) is 11.9. The molecule has 0 aliphatic rings. The molecule has 2 aromatic rings. The van der Waals surface area contributed by atoms with Gasteiger partial charge in [0.05, 0.1) is 13.2 Å². The first kappa shape index (κ1) is 13.6. The van der Waals surface area contributed by atoms with Gasteiger partial charge in [0, 0.05) is 11.8 Å². The number of nitrogens with one attached hydrogen (secondary N) is 1. The molecule has 0 radical (unpaired) electrons. The number of benzene rings is 1. The molecule has 0 aliphatic carbocycles. The zero-order valence-electron chi connectivity index (χ0n) is 11.9. The lowest BCUT2D eigenvalue weighted by Gasteiger charge is -2.20. The summed E-state index contributed by atoms with van der Waals surface area (Å²) < 4.78 is 5.35. The van der Waals surface area contributed by atoms with Crippen molar-refractivity contribution in [3.63, 3.8) is 0 Å². The fourth-order valence-corrected chi connectivity index (χ4v) is 2.24. The summed E-state index contributed by atoms with van der Waals surface area (Å²) in [6, 6.07) is 10.6. The molecule has 3 heteroatoms. The molecule has 0 saturated carbocycles. The summed E-state index contributed by atoms with van der Waals surface area (Å²) in [4.78, 5) is 4.27. The third kappa shape index (κ3) is 2.76. The Bertz CT molecular complexity index is 566. The molecule has 100 valence electrons. The summed E-state index contributed by atoms with van der Waals surface area (Å²) in [5.41, 5.74) is 4.87. The van der Waals surface area contributed by atoms with Gasteiger partial charge in [0.1, 0.15) is 0 Å². The SMILES string of the molecule is CNC(c1ccc(C)c(C)c1)c1cccnc1OC. The van der Waals surface area contributed by atoms with Crippen molar-refractivity contribution in [1.82, 2.24) is 10.3 Å². The highest BCUT2D eigenvalue weighted by atomic mass is 16.5. The molecule has 1 heterocycles. The third-order valence-electron chi connectivity index (χ3n) is 3.46. The van der Waals surface area contributed by atoms with E-state index in [4.69, 9.17) is 4.74 Å². The molecule has 2 rings (SSSR count). The lowest BCUT2D eigenvalue weighted by Crippen LogP contribution is -2.19. The Morgan fingerprint density at radius 1 is 1.16 bits per heavy atom. The first-order chi connectivity index (χ1) is 9.17. The minimum Gasteiger partial charge on any atom is -0.481 e. The molecule has 0 aliphatic heterocycles. The van der Waals surface area contributed by atoms with Crippen molar-refractivity contribution in [3.05, 3.63) is 58.8 Å². The Balaban J connectivity index is 2.46. The van der Waals surface area contributed by atoms with E-state index in [-0.39, 0.29) is 6.04 Å². The van der Waals surface area contributed by atoms with Gasteiger partial charge in [-0.3, -0.25) is 0 Å². The van der Waals surface area contributed by atoms with Crippen LogP contribution >= 0.6 is 0 Å². The third-order valence-corrected chi connectivity index (χ3v) is 3.46. The number of methoxy groups -OCH3 is 1. The Kier molecular flexibility index (Phi) is 4.17. The second kappa shape index (κ2) is 5.85. The van der Waals surface area contributed by atoms with Crippen molar-refractivity contribution in [2.24, 2.45) is 0 Å². The summed E-state index contributed by atoms with van der Waals surface area (Å²) >= 11 is 0. The van der Waals surface area contributed by atoms with Crippen LogP contribution in [0.1, 0.15) is 28.3 Å². The Labute approximate surface area is 114 Å². The van der Waals surface area contributed by atoms with E-state index in [2.05, 4.69) is 42.3 Å². The normalized spacial score (nSPS) is 12.2. The van der Waals surface area contributed by atoms with Crippen LogP contribution in [0.25, 0.3) is 0 Å². The van der Waals surface area contributed by atoms with Crippen molar-refractivity contribution in [3.8, 4) is 5.88 Å². The van der Waals surface area contributed by atoms with Gasteiger partial charge >= 0.3 is 0 Å². The molecule has 19 heavy (non-hydrogen) atoms. The predicted octanol–water partition coefficient (Wildman–Crippen LogP) is 3.02. The van der Waals surface area contributed by atoms with Crippen LogP contribution in [0.2, 0.25) is 0 Å². The Morgan fingerprint density at radius 3 is 2.58 bits per heavy atom. The molecule has 1 unspecified atom stereocenters. The standard InChI is InChI=1S/C16H20N2O/c1-11-7-8-13(10-12(11)2)15(17-3)14-6-5-9-18-16(14)19-4/h5-10,15,17H,1-4H3. The van der Waals surface area contributed by atoms with E-state index in [9.17, 15) is 0 Å². The lowest BCUT2D eigenvalue weighted by atomic mass is 9.96. The van der Waals surface area contributed by atoms with Crippen LogP contribution in [0.15, 0.2) is 36.5 Å². The number of hydrogen-bond acceptors (Lipinski definition) is 3. The van der Waals surface area contributed by atoms with Crippen LogP contribution in [0.4, 0.5) is 0 Å². The first-order valence-electron chi connectivity index (χ1n) is 6.40. The minimum absolute atomic E-state index is 0.0861. The number of hydrogen-bond donors (Lipinski definition) is 1. The van der Waals surface area contributed by atoms with Crippen LogP contribution < -0.4 is 10.1 Å². The topological polar surface area (TPSA) is 34.2 Å². The molecule has 0 amide bonds. The Morgan fingerprint density at radius 2 is 1.95 bits per heavy atom. The fourth-order valence-electron chi connectivity index (χ4n) is 2.24. The highest BCUT2D eigenvalue weighted by molar-refractivity contribution is 5.40. The van der Waals surface area contributed by atoms with E-state index < -0.39 is 0 Å². The molecular formula is C16H20N2O. The number of nitrogens with zero attached hydrogens (tertiary/aromatic N) is 1. The average Bonchev–Trinajstić information content (AvgIpc) is 2.44. The van der Waals surface area contributed by atoms with E-state index in [1.165, 1.54) is 16.7 Å². The minimum atomic E-state index is 0.0861. The lowest BCUT2D eigenvalue weighted by molar-refractivity contribution is 0.388. The molecule has 1 N–H and O–H groups in total. The van der Waals surface area contributed by atoms with Gasteiger partial charge in [-0.25, -0.2) is 4.98 Å². The maximum Gasteiger partial charge on any atom is 0.218 e. The fraction of sp³-hybridized carbons (Fsp3) is 0.312. The zero-order chi connectivity index (χ0) is 13.8. The van der Waals surface area contributed by atoms with E-state index in [1.807, 2.05) is 19.2 Å². The van der Waals surface area contributed by atoms with E-state index in [0.717, 1.165) is 5.56 Å². The summed E-state index contributed by atoms with van der Waals surface area (Å²) in [7, 11) is 3.60. The van der Waals surface area contributed by atoms with Crippen LogP contribution in [0.3, 0.4) is 0 Å². The number of pyridine rings is 1. The van der Waals surface area contributed by atoms with Crippen molar-refractivity contribution in [2.75, 3.05) is 14.2 Å². The summed E-state index contributed by atoms with van der Waals surface area (Å²) in [5.74, 6) is 0.667. The summed E-state index contributed by atoms with van der Waals surface area (Å²) in [5, 5.41) is 3.34. The van der Waals surface area contributed by atoms with Gasteiger partial charge in [0.25, 0.3) is 0 Å². The van der Waals surface area contributed by atoms with Gasteiger partial charge in [0.2, 0.25) is 5.88 Å². The quantitative estimate of drug-likeness (QED) is 0.913. The van der Waals surface area contributed by atoms with Crippen LogP contribution in [-0.2, 0) is 0 Å². The molecule has 0 spiro atoms. The van der Waals surface area contributed by atoms with Gasteiger partial charge in [0.15, 0.2) is 0 Å². The van der Waals surface area contributed by atoms with Gasteiger partial charge < -0.3 is 10.1 Å². The number of ether oxygens (including phenoxy) is 1. The molecule has 0 bridgehead atoms. The highest BCUT2D eigenvalue weighted by Crippen LogP contribution is 2.28. The van der Waals surface area contributed by atoms with E-state index >= 15 is 0 Å². The van der Waals surface area contributed by atoms with Crippen molar-refractivity contribution < 1.29 is 4.74 Å². The maximum atomic E-state index is 5.35. The summed E-state index contributed by atoms with van der Waals surface area (Å²) in [6.07, 6.45) is 1.75. The molecular weight excluding hydrogens is 236 g/mol. The highest BCUT2D eigenvalue weighted by Gasteiger charge is 2.17. The first-order valence-corrected chi connectivity index (χ1v) is 6.40. The predicted molar refractivity (Wildman–Crippen MR) is 77.6 cm³/mol. The number of aromatic nitrogens is 1. The molecule has 0 fully saturated rings. The Hall–Kier alpha value is -1.87. The summed E-state index contributed by atoms with van der Waals surface area (Å²) in [6.45, 7) is 4.25. The molecule has 1 aromatic heterocycles. The maximum absolute atomic E-state index is 5.35. The van der Waals surface area contributed by atoms with Gasteiger partial charge in [-0.15, -0.1) is 0 Å². The smallest absolute Gasteiger partial charge is 0.218 e.